The zero-order valence-corrected chi connectivity index (χ0v) is 21.5. The number of aromatic hydroxyl groups is 1. The molecule has 0 heterocycles. The topological polar surface area (TPSA) is 119 Å². The van der Waals surface area contributed by atoms with E-state index in [0.717, 1.165) is 12.1 Å². The van der Waals surface area contributed by atoms with Crippen molar-refractivity contribution in [2.45, 2.75) is 18.6 Å². The first-order valence-electron chi connectivity index (χ1n) is 12.2. The summed E-state index contributed by atoms with van der Waals surface area (Å²) in [6, 6.07) is 20.3. The van der Waals surface area contributed by atoms with Crippen LogP contribution in [0.3, 0.4) is 0 Å². The molecular weight excluding hydrogens is 541 g/mol. The summed E-state index contributed by atoms with van der Waals surface area (Å²) < 4.78 is 43.6. The van der Waals surface area contributed by atoms with Crippen molar-refractivity contribution < 1.29 is 37.5 Å². The second kappa shape index (κ2) is 11.9. The van der Waals surface area contributed by atoms with Crippen molar-refractivity contribution in [1.82, 2.24) is 5.32 Å². The average Bonchev–Trinajstić information content (AvgIpc) is 2.96. The molecule has 4 aromatic carbocycles. The highest BCUT2D eigenvalue weighted by atomic mass is 19.4. The van der Waals surface area contributed by atoms with Crippen LogP contribution in [0, 0.1) is 10.1 Å². The number of nitrogens with zero attached hydrogens (tertiary/aromatic N) is 1. The number of non-ortho nitro benzene ring substituents is 1. The molecule has 1 amide bonds. The lowest BCUT2D eigenvalue weighted by Gasteiger charge is -2.19. The molecule has 1 atom stereocenters. The van der Waals surface area contributed by atoms with Crippen LogP contribution in [0.1, 0.15) is 33.9 Å². The minimum atomic E-state index is -4.50. The number of ether oxygens (including phenoxy) is 1. The number of nitro groups is 1. The monoisotopic (exact) mass is 564 g/mol. The van der Waals surface area contributed by atoms with Crippen LogP contribution in [0.2, 0.25) is 0 Å². The number of nitro benzene ring substituents is 1. The summed E-state index contributed by atoms with van der Waals surface area (Å²) in [6.07, 6.45) is -4.73. The molecule has 0 radical (unpaired) electrons. The number of phenols is 1. The van der Waals surface area contributed by atoms with Gasteiger partial charge in [0.1, 0.15) is 5.75 Å². The number of rotatable bonds is 8. The third kappa shape index (κ3) is 6.88. The summed E-state index contributed by atoms with van der Waals surface area (Å²) in [6.45, 7) is 0. The van der Waals surface area contributed by atoms with E-state index in [9.17, 15) is 38.0 Å². The first-order valence-corrected chi connectivity index (χ1v) is 12.2. The molecule has 11 heteroatoms. The van der Waals surface area contributed by atoms with Crippen LogP contribution in [0.15, 0.2) is 91.0 Å². The van der Waals surface area contributed by atoms with E-state index in [2.05, 4.69) is 5.32 Å². The molecule has 0 aliphatic heterocycles. The molecule has 4 rings (SSSR count). The van der Waals surface area contributed by atoms with Gasteiger partial charge in [-0.3, -0.25) is 19.7 Å². The second-order valence-corrected chi connectivity index (χ2v) is 9.04. The van der Waals surface area contributed by atoms with Crippen LogP contribution in [-0.2, 0) is 15.7 Å². The Kier molecular flexibility index (Phi) is 8.37. The van der Waals surface area contributed by atoms with Crippen molar-refractivity contribution >= 4 is 17.6 Å². The van der Waals surface area contributed by atoms with Crippen LogP contribution in [0.5, 0.6) is 5.75 Å². The third-order valence-corrected chi connectivity index (χ3v) is 6.39. The molecule has 4 aromatic rings. The highest BCUT2D eigenvalue weighted by Gasteiger charge is 2.30. The number of hydrogen-bond acceptors (Lipinski definition) is 6. The molecule has 210 valence electrons. The molecule has 0 bridgehead atoms. The quantitative estimate of drug-likeness (QED) is 0.140. The SMILES string of the molecule is COC(=O)CC(NC(=O)c1cc(-c2ccc(C(F)(F)F)cc2)ccc1O)c1ccc(-c2cccc([N+](=O)[O-])c2)cc1. The fourth-order valence-electron chi connectivity index (χ4n) is 4.19. The molecule has 0 aliphatic carbocycles. The molecule has 0 spiro atoms. The molecular formula is C30H23F3N2O6. The number of alkyl halides is 3. The number of benzene rings is 4. The Morgan fingerprint density at radius 2 is 1.49 bits per heavy atom. The summed E-state index contributed by atoms with van der Waals surface area (Å²) in [5.74, 6) is -1.70. The maximum absolute atomic E-state index is 13.2. The molecule has 0 saturated carbocycles. The van der Waals surface area contributed by atoms with Crippen molar-refractivity contribution in [2.75, 3.05) is 7.11 Å². The summed E-state index contributed by atoms with van der Waals surface area (Å²) in [4.78, 5) is 36.0. The Balaban J connectivity index is 1.60. The standard InChI is InChI=1S/C30H23F3N2O6/c1-41-28(37)17-26(20-7-5-18(6-8-20)21-3-2-4-24(15-21)35(39)40)34-29(38)25-16-22(11-14-27(25)36)19-9-12-23(13-10-19)30(31,32)33/h2-16,26,36H,17H2,1H3,(H,34,38). The van der Waals surface area contributed by atoms with Gasteiger partial charge in [-0.15, -0.1) is 0 Å². The van der Waals surface area contributed by atoms with E-state index in [1.807, 2.05) is 0 Å². The van der Waals surface area contributed by atoms with Gasteiger partial charge in [0.05, 0.1) is 35.6 Å². The number of phenolic OH excluding ortho intramolecular Hbond substituents is 1. The Hall–Kier alpha value is -5.19. The molecule has 41 heavy (non-hydrogen) atoms. The van der Waals surface area contributed by atoms with Gasteiger partial charge in [-0.05, 0) is 52.1 Å². The predicted molar refractivity (Wildman–Crippen MR) is 144 cm³/mol. The van der Waals surface area contributed by atoms with E-state index in [1.54, 1.807) is 36.4 Å². The first kappa shape index (κ1) is 28.8. The fourth-order valence-corrected chi connectivity index (χ4v) is 4.19. The van der Waals surface area contributed by atoms with Gasteiger partial charge >= 0.3 is 12.1 Å². The lowest BCUT2D eigenvalue weighted by atomic mass is 9.97. The van der Waals surface area contributed by atoms with Gasteiger partial charge in [0, 0.05) is 12.1 Å². The highest BCUT2D eigenvalue weighted by Crippen LogP contribution is 2.33. The van der Waals surface area contributed by atoms with Crippen molar-refractivity contribution in [1.29, 1.82) is 0 Å². The number of nitrogens with one attached hydrogen (secondary N) is 1. The summed E-state index contributed by atoms with van der Waals surface area (Å²) >= 11 is 0. The van der Waals surface area contributed by atoms with Gasteiger partial charge in [0.2, 0.25) is 0 Å². The normalized spacial score (nSPS) is 11.9. The van der Waals surface area contributed by atoms with Gasteiger partial charge in [0.25, 0.3) is 11.6 Å². The van der Waals surface area contributed by atoms with Crippen LogP contribution < -0.4 is 5.32 Å². The molecule has 2 N–H and O–H groups in total. The van der Waals surface area contributed by atoms with E-state index in [0.29, 0.717) is 27.8 Å². The largest absolute Gasteiger partial charge is 0.507 e. The molecule has 0 fully saturated rings. The maximum atomic E-state index is 13.2. The van der Waals surface area contributed by atoms with Crippen molar-refractivity contribution in [3.8, 4) is 28.0 Å². The number of methoxy groups -OCH3 is 1. The number of halogens is 3. The van der Waals surface area contributed by atoms with Crippen LogP contribution >= 0.6 is 0 Å². The zero-order valence-electron chi connectivity index (χ0n) is 21.5. The average molecular weight is 565 g/mol. The van der Waals surface area contributed by atoms with E-state index in [-0.39, 0.29) is 23.4 Å². The summed E-state index contributed by atoms with van der Waals surface area (Å²) in [7, 11) is 1.20. The lowest BCUT2D eigenvalue weighted by Crippen LogP contribution is -2.30. The van der Waals surface area contributed by atoms with E-state index >= 15 is 0 Å². The number of carbonyl (C=O) groups is 2. The molecule has 8 nitrogen and oxygen atoms in total. The Morgan fingerprint density at radius 3 is 2.07 bits per heavy atom. The van der Waals surface area contributed by atoms with Crippen molar-refractivity contribution in [2.24, 2.45) is 0 Å². The number of esters is 1. The fraction of sp³-hybridized carbons (Fsp3) is 0.133. The minimum absolute atomic E-state index is 0.0688. The Bertz CT molecular complexity index is 1590. The van der Waals surface area contributed by atoms with E-state index in [1.165, 1.54) is 49.6 Å². The summed E-state index contributed by atoms with van der Waals surface area (Å²) in [5.41, 5.74) is 1.55. The van der Waals surface area contributed by atoms with Gasteiger partial charge < -0.3 is 15.2 Å². The number of hydrogen-bond donors (Lipinski definition) is 2. The van der Waals surface area contributed by atoms with Crippen molar-refractivity contribution in [3.63, 3.8) is 0 Å². The lowest BCUT2D eigenvalue weighted by molar-refractivity contribution is -0.384. The van der Waals surface area contributed by atoms with Gasteiger partial charge in [-0.2, -0.15) is 13.2 Å². The van der Waals surface area contributed by atoms with Gasteiger partial charge in [0.15, 0.2) is 0 Å². The molecule has 0 aromatic heterocycles. The van der Waals surface area contributed by atoms with Gasteiger partial charge in [-0.1, -0.05) is 54.6 Å². The number of carbonyl (C=O) groups excluding carboxylic acids is 2. The maximum Gasteiger partial charge on any atom is 0.416 e. The summed E-state index contributed by atoms with van der Waals surface area (Å²) in [5, 5.41) is 24.2. The molecule has 1 unspecified atom stereocenters. The second-order valence-electron chi connectivity index (χ2n) is 9.04. The Morgan fingerprint density at radius 1 is 0.902 bits per heavy atom. The smallest absolute Gasteiger partial charge is 0.416 e. The van der Waals surface area contributed by atoms with Gasteiger partial charge in [-0.25, -0.2) is 0 Å². The highest BCUT2D eigenvalue weighted by molar-refractivity contribution is 5.98. The predicted octanol–water partition coefficient (Wildman–Crippen LogP) is 6.69. The number of amides is 1. The first-order chi connectivity index (χ1) is 19.5. The van der Waals surface area contributed by atoms with Crippen LogP contribution in [0.25, 0.3) is 22.3 Å². The van der Waals surface area contributed by atoms with Crippen molar-refractivity contribution in [3.05, 3.63) is 118 Å². The minimum Gasteiger partial charge on any atom is -0.507 e. The molecule has 0 aliphatic rings. The molecule has 0 saturated heterocycles. The van der Waals surface area contributed by atoms with Crippen LogP contribution in [-0.4, -0.2) is 29.0 Å². The van der Waals surface area contributed by atoms with Crippen LogP contribution in [0.4, 0.5) is 18.9 Å². The Labute approximate surface area is 232 Å². The zero-order chi connectivity index (χ0) is 29.7. The third-order valence-electron chi connectivity index (χ3n) is 6.39. The van der Waals surface area contributed by atoms with E-state index < -0.39 is 34.6 Å². The van der Waals surface area contributed by atoms with E-state index in [4.69, 9.17) is 4.74 Å².